The van der Waals surface area contributed by atoms with Crippen molar-refractivity contribution >= 4 is 12.1 Å². The zero-order valence-electron chi connectivity index (χ0n) is 16.0. The summed E-state index contributed by atoms with van der Waals surface area (Å²) in [5.41, 5.74) is 0.326. The van der Waals surface area contributed by atoms with E-state index in [1.807, 2.05) is 7.05 Å². The van der Waals surface area contributed by atoms with Gasteiger partial charge >= 0.3 is 6.09 Å². The zero-order valence-corrected chi connectivity index (χ0v) is 16.0. The number of aliphatic imine (C=N–C) groups is 1. The first-order valence-corrected chi connectivity index (χ1v) is 10.1. The van der Waals surface area contributed by atoms with Crippen molar-refractivity contribution < 1.29 is 14.3 Å². The summed E-state index contributed by atoms with van der Waals surface area (Å²) in [6.45, 7) is 2.37. The quantitative estimate of drug-likeness (QED) is 0.577. The highest BCUT2D eigenvalue weighted by Gasteiger charge is 2.65. The Morgan fingerprint density at radius 3 is 2.58 bits per heavy atom. The number of likely N-dealkylation sites (tertiary alicyclic amines) is 1. The molecule has 26 heavy (non-hydrogen) atoms. The number of guanidine groups is 1. The van der Waals surface area contributed by atoms with Gasteiger partial charge in [0.05, 0.1) is 13.2 Å². The summed E-state index contributed by atoms with van der Waals surface area (Å²) in [6.07, 6.45) is 8.44. The van der Waals surface area contributed by atoms with Crippen LogP contribution in [-0.4, -0.2) is 69.0 Å². The first-order chi connectivity index (χ1) is 12.7. The van der Waals surface area contributed by atoms with Gasteiger partial charge in [0.15, 0.2) is 5.96 Å². The Bertz CT molecular complexity index is 553. The third kappa shape index (κ3) is 2.94. The van der Waals surface area contributed by atoms with E-state index < -0.39 is 0 Å². The minimum atomic E-state index is -0.226. The smallest absolute Gasteiger partial charge is 0.409 e. The Hall–Kier alpha value is -1.50. The van der Waals surface area contributed by atoms with Crippen LogP contribution in [0.15, 0.2) is 4.99 Å². The molecule has 2 N–H and O–H groups in total. The van der Waals surface area contributed by atoms with E-state index >= 15 is 0 Å². The molecule has 7 nitrogen and oxygen atoms in total. The van der Waals surface area contributed by atoms with Crippen LogP contribution >= 0.6 is 0 Å². The lowest BCUT2D eigenvalue weighted by molar-refractivity contribution is -0.125. The van der Waals surface area contributed by atoms with E-state index in [0.29, 0.717) is 29.5 Å². The first-order valence-electron chi connectivity index (χ1n) is 10.1. The van der Waals surface area contributed by atoms with Crippen LogP contribution in [0.3, 0.4) is 0 Å². The number of hydrogen-bond donors (Lipinski definition) is 2. The van der Waals surface area contributed by atoms with Gasteiger partial charge in [0.2, 0.25) is 0 Å². The SMILES string of the molecule is CN=C(NC1CCN(C(=O)OC)CC1)NC1C2CCOC2C12CCCC2. The zero-order chi connectivity index (χ0) is 18.1. The minimum absolute atomic E-state index is 0.226. The summed E-state index contributed by atoms with van der Waals surface area (Å²) in [5.74, 6) is 1.54. The summed E-state index contributed by atoms with van der Waals surface area (Å²) in [6, 6.07) is 0.830. The molecule has 0 aromatic carbocycles. The van der Waals surface area contributed by atoms with Crippen LogP contribution in [0.2, 0.25) is 0 Å². The van der Waals surface area contributed by atoms with Crippen molar-refractivity contribution in [1.29, 1.82) is 0 Å². The number of piperidine rings is 1. The second kappa shape index (κ2) is 7.25. The van der Waals surface area contributed by atoms with Gasteiger partial charge in [-0.1, -0.05) is 12.8 Å². The van der Waals surface area contributed by atoms with Crippen molar-refractivity contribution in [1.82, 2.24) is 15.5 Å². The predicted octanol–water partition coefficient (Wildman–Crippen LogP) is 1.73. The van der Waals surface area contributed by atoms with E-state index in [2.05, 4.69) is 15.6 Å². The lowest BCUT2D eigenvalue weighted by atomic mass is 9.54. The Kier molecular flexibility index (Phi) is 4.99. The average molecular weight is 364 g/mol. The molecule has 1 amide bonds. The van der Waals surface area contributed by atoms with Crippen molar-refractivity contribution in [2.45, 2.75) is 63.1 Å². The van der Waals surface area contributed by atoms with Crippen LogP contribution in [0.4, 0.5) is 4.79 Å². The van der Waals surface area contributed by atoms with Crippen molar-refractivity contribution in [2.24, 2.45) is 16.3 Å². The fourth-order valence-corrected chi connectivity index (χ4v) is 5.75. The minimum Gasteiger partial charge on any atom is -0.453 e. The summed E-state index contributed by atoms with van der Waals surface area (Å²) >= 11 is 0. The lowest BCUT2D eigenvalue weighted by Crippen LogP contribution is -2.69. The third-order valence-electron chi connectivity index (χ3n) is 7.07. The van der Waals surface area contributed by atoms with Gasteiger partial charge in [-0.05, 0) is 32.1 Å². The van der Waals surface area contributed by atoms with Crippen LogP contribution in [0.5, 0.6) is 0 Å². The lowest BCUT2D eigenvalue weighted by Gasteiger charge is -2.57. The number of hydrogen-bond acceptors (Lipinski definition) is 4. The summed E-state index contributed by atoms with van der Waals surface area (Å²) in [5, 5.41) is 7.34. The summed E-state index contributed by atoms with van der Waals surface area (Å²) in [7, 11) is 3.29. The Labute approximate surface area is 155 Å². The van der Waals surface area contributed by atoms with Gasteiger partial charge in [0.1, 0.15) is 0 Å². The second-order valence-electron chi connectivity index (χ2n) is 8.25. The molecule has 146 valence electrons. The van der Waals surface area contributed by atoms with Gasteiger partial charge in [-0.2, -0.15) is 0 Å². The molecule has 3 atom stereocenters. The molecule has 2 heterocycles. The van der Waals surface area contributed by atoms with Gasteiger partial charge < -0.3 is 25.0 Å². The number of carbonyl (C=O) groups is 1. The summed E-state index contributed by atoms with van der Waals surface area (Å²) < 4.78 is 10.9. The van der Waals surface area contributed by atoms with E-state index in [1.54, 1.807) is 4.90 Å². The highest BCUT2D eigenvalue weighted by Crippen LogP contribution is 2.60. The maximum atomic E-state index is 11.6. The van der Waals surface area contributed by atoms with Crippen LogP contribution in [0, 0.1) is 11.3 Å². The molecule has 0 aromatic heterocycles. The predicted molar refractivity (Wildman–Crippen MR) is 99.2 cm³/mol. The number of fused-ring (bicyclic) bond motifs is 2. The Morgan fingerprint density at radius 1 is 1.19 bits per heavy atom. The van der Waals surface area contributed by atoms with Crippen LogP contribution in [0.25, 0.3) is 0 Å². The molecule has 2 saturated carbocycles. The van der Waals surface area contributed by atoms with E-state index in [9.17, 15) is 4.79 Å². The largest absolute Gasteiger partial charge is 0.453 e. The number of rotatable bonds is 2. The topological polar surface area (TPSA) is 75.2 Å². The van der Waals surface area contributed by atoms with Crippen molar-refractivity contribution in [3.8, 4) is 0 Å². The van der Waals surface area contributed by atoms with E-state index in [0.717, 1.165) is 38.5 Å². The Balaban J connectivity index is 1.33. The third-order valence-corrected chi connectivity index (χ3v) is 7.07. The molecule has 2 aliphatic carbocycles. The molecular weight excluding hydrogens is 332 g/mol. The normalized spacial score (nSPS) is 33.7. The molecule has 2 saturated heterocycles. The molecule has 0 radical (unpaired) electrons. The molecule has 2 aliphatic heterocycles. The van der Waals surface area contributed by atoms with Gasteiger partial charge in [0.25, 0.3) is 0 Å². The van der Waals surface area contributed by atoms with Crippen molar-refractivity contribution in [2.75, 3.05) is 33.9 Å². The highest BCUT2D eigenvalue weighted by molar-refractivity contribution is 5.80. The first kappa shape index (κ1) is 17.9. The molecule has 1 spiro atoms. The molecule has 3 unspecified atom stereocenters. The van der Waals surface area contributed by atoms with Gasteiger partial charge in [-0.3, -0.25) is 4.99 Å². The van der Waals surface area contributed by atoms with Crippen LogP contribution in [0.1, 0.15) is 44.9 Å². The molecule has 4 fully saturated rings. The Morgan fingerprint density at radius 2 is 1.92 bits per heavy atom. The summed E-state index contributed by atoms with van der Waals surface area (Å²) in [4.78, 5) is 17.9. The molecule has 0 bridgehead atoms. The van der Waals surface area contributed by atoms with Crippen molar-refractivity contribution in [3.63, 3.8) is 0 Å². The fraction of sp³-hybridized carbons (Fsp3) is 0.895. The number of ether oxygens (including phenoxy) is 2. The number of nitrogens with zero attached hydrogens (tertiary/aromatic N) is 2. The fourth-order valence-electron chi connectivity index (χ4n) is 5.75. The van der Waals surface area contributed by atoms with E-state index in [4.69, 9.17) is 9.47 Å². The van der Waals surface area contributed by atoms with Crippen molar-refractivity contribution in [3.05, 3.63) is 0 Å². The molecular formula is C19H32N4O3. The van der Waals surface area contributed by atoms with E-state index in [-0.39, 0.29) is 6.09 Å². The average Bonchev–Trinajstić information content (AvgIpc) is 3.33. The maximum Gasteiger partial charge on any atom is 0.409 e. The van der Waals surface area contributed by atoms with Gasteiger partial charge in [-0.25, -0.2) is 4.79 Å². The molecule has 4 rings (SSSR count). The standard InChI is InChI=1S/C19H32N4O3/c1-20-17(21-13-5-10-23(11-6-13)18(24)25-2)22-15-14-7-12-26-16(14)19(15)8-3-4-9-19/h13-16H,3-12H2,1-2H3,(H2,20,21,22). The molecule has 7 heteroatoms. The monoisotopic (exact) mass is 364 g/mol. The maximum absolute atomic E-state index is 11.6. The number of carbonyl (C=O) groups excluding carboxylic acids is 1. The van der Waals surface area contributed by atoms with Gasteiger partial charge in [-0.15, -0.1) is 0 Å². The number of methoxy groups -OCH3 is 1. The van der Waals surface area contributed by atoms with Crippen LogP contribution in [-0.2, 0) is 9.47 Å². The van der Waals surface area contributed by atoms with Crippen LogP contribution < -0.4 is 10.6 Å². The van der Waals surface area contributed by atoms with Gasteiger partial charge in [0, 0.05) is 50.2 Å². The highest BCUT2D eigenvalue weighted by atomic mass is 16.5. The number of nitrogens with one attached hydrogen (secondary N) is 2. The molecule has 4 aliphatic rings. The second-order valence-corrected chi connectivity index (χ2v) is 8.25. The number of amides is 1. The molecule has 0 aromatic rings. The van der Waals surface area contributed by atoms with E-state index in [1.165, 1.54) is 39.2 Å².